The van der Waals surface area contributed by atoms with Crippen molar-refractivity contribution in [2.24, 2.45) is 0 Å². The van der Waals surface area contributed by atoms with Gasteiger partial charge in [-0.2, -0.15) is 0 Å². The van der Waals surface area contributed by atoms with E-state index in [1.807, 2.05) is 31.2 Å². The molecule has 0 unspecified atom stereocenters. The van der Waals surface area contributed by atoms with E-state index >= 15 is 0 Å². The van der Waals surface area contributed by atoms with Crippen molar-refractivity contribution in [1.29, 1.82) is 0 Å². The van der Waals surface area contributed by atoms with E-state index in [0.717, 1.165) is 21.5 Å². The Hall–Kier alpha value is -1.79. The van der Waals surface area contributed by atoms with Crippen LogP contribution in [0.1, 0.15) is 24.3 Å². The monoisotopic (exact) mass is 366 g/mol. The van der Waals surface area contributed by atoms with Gasteiger partial charge in [-0.3, -0.25) is 4.79 Å². The largest absolute Gasteiger partial charge is 0.496 e. The average molecular weight is 367 g/mol. The second-order valence-electron chi connectivity index (χ2n) is 4.85. The fraction of sp³-hybridized carbons (Fsp3) is 0.312. The summed E-state index contributed by atoms with van der Waals surface area (Å²) >= 11 is 3.46. The van der Waals surface area contributed by atoms with Gasteiger partial charge >= 0.3 is 0 Å². The van der Waals surface area contributed by atoms with Gasteiger partial charge in [0.2, 0.25) is 5.91 Å². The van der Waals surface area contributed by atoms with Crippen molar-refractivity contribution in [1.82, 2.24) is 10.6 Å². The maximum atomic E-state index is 11.8. The maximum absolute atomic E-state index is 11.8. The Bertz CT molecular complexity index is 614. The second kappa shape index (κ2) is 8.00. The van der Waals surface area contributed by atoms with E-state index in [4.69, 9.17) is 9.15 Å². The lowest BCUT2D eigenvalue weighted by Crippen LogP contribution is -2.34. The van der Waals surface area contributed by atoms with Gasteiger partial charge in [0.25, 0.3) is 0 Å². The molecule has 118 valence electrons. The summed E-state index contributed by atoms with van der Waals surface area (Å²) in [5.41, 5.74) is 1.08. The molecule has 1 heterocycles. The number of halogens is 1. The molecule has 2 N–H and O–H groups in total. The van der Waals surface area contributed by atoms with Crippen LogP contribution >= 0.6 is 15.9 Å². The number of ether oxygens (including phenoxy) is 1. The van der Waals surface area contributed by atoms with E-state index < -0.39 is 0 Å². The summed E-state index contributed by atoms with van der Waals surface area (Å²) in [6.07, 6.45) is 1.59. The third-order valence-corrected chi connectivity index (χ3v) is 3.90. The van der Waals surface area contributed by atoms with Crippen LogP contribution in [0.25, 0.3) is 0 Å². The van der Waals surface area contributed by atoms with Crippen molar-refractivity contribution < 1.29 is 13.9 Å². The number of carbonyl (C=O) groups excluding carboxylic acids is 1. The predicted molar refractivity (Wildman–Crippen MR) is 87.7 cm³/mol. The van der Waals surface area contributed by atoms with E-state index in [-0.39, 0.29) is 18.5 Å². The molecular formula is C16H19BrN2O3. The first-order valence-electron chi connectivity index (χ1n) is 6.96. The first-order valence-corrected chi connectivity index (χ1v) is 7.75. The lowest BCUT2D eigenvalue weighted by molar-refractivity contribution is -0.120. The molecule has 0 radical (unpaired) electrons. The van der Waals surface area contributed by atoms with Crippen LogP contribution in [0.3, 0.4) is 0 Å². The molecule has 1 aromatic heterocycles. The van der Waals surface area contributed by atoms with E-state index in [9.17, 15) is 4.79 Å². The molecule has 1 aromatic carbocycles. The predicted octanol–water partition coefficient (Wildman–Crippen LogP) is 3.02. The molecular weight excluding hydrogens is 348 g/mol. The van der Waals surface area contributed by atoms with Crippen molar-refractivity contribution in [3.63, 3.8) is 0 Å². The van der Waals surface area contributed by atoms with Crippen LogP contribution in [0.4, 0.5) is 0 Å². The Morgan fingerprint density at radius 3 is 2.86 bits per heavy atom. The molecule has 0 bridgehead atoms. The Balaban J connectivity index is 1.80. The third-order valence-electron chi connectivity index (χ3n) is 3.28. The summed E-state index contributed by atoms with van der Waals surface area (Å²) in [7, 11) is 1.63. The number of hydrogen-bond donors (Lipinski definition) is 2. The smallest absolute Gasteiger partial charge is 0.234 e. The van der Waals surface area contributed by atoms with Gasteiger partial charge in [0, 0.05) is 6.04 Å². The Labute approximate surface area is 138 Å². The van der Waals surface area contributed by atoms with Gasteiger partial charge in [-0.15, -0.1) is 0 Å². The fourth-order valence-corrected chi connectivity index (χ4v) is 2.54. The second-order valence-corrected chi connectivity index (χ2v) is 5.71. The summed E-state index contributed by atoms with van der Waals surface area (Å²) in [6, 6.07) is 9.53. The van der Waals surface area contributed by atoms with Crippen molar-refractivity contribution in [2.75, 3.05) is 13.7 Å². The molecule has 0 saturated heterocycles. The van der Waals surface area contributed by atoms with E-state index in [1.54, 1.807) is 19.4 Å². The normalized spacial score (nSPS) is 12.0. The van der Waals surface area contributed by atoms with Crippen LogP contribution in [-0.2, 0) is 11.3 Å². The average Bonchev–Trinajstić information content (AvgIpc) is 3.03. The molecule has 2 aromatic rings. The lowest BCUT2D eigenvalue weighted by atomic mass is 10.1. The van der Waals surface area contributed by atoms with Crippen LogP contribution in [0, 0.1) is 0 Å². The van der Waals surface area contributed by atoms with Gasteiger partial charge < -0.3 is 19.8 Å². The van der Waals surface area contributed by atoms with Crippen LogP contribution in [-0.4, -0.2) is 19.6 Å². The maximum Gasteiger partial charge on any atom is 0.234 e. The summed E-state index contributed by atoms with van der Waals surface area (Å²) in [6.45, 7) is 2.65. The SMILES string of the molecule is COc1ccc([C@@H](C)NCC(=O)NCc2ccco2)cc1Br. The number of methoxy groups -OCH3 is 1. The quantitative estimate of drug-likeness (QED) is 0.790. The highest BCUT2D eigenvalue weighted by molar-refractivity contribution is 9.10. The molecule has 0 spiro atoms. The Morgan fingerprint density at radius 2 is 2.23 bits per heavy atom. The molecule has 0 saturated carbocycles. The number of nitrogens with one attached hydrogen (secondary N) is 2. The van der Waals surface area contributed by atoms with Gasteiger partial charge in [-0.25, -0.2) is 0 Å². The summed E-state index contributed by atoms with van der Waals surface area (Å²) in [5, 5.41) is 5.99. The molecule has 0 fully saturated rings. The summed E-state index contributed by atoms with van der Waals surface area (Å²) < 4.78 is 11.3. The topological polar surface area (TPSA) is 63.5 Å². The van der Waals surface area contributed by atoms with Crippen molar-refractivity contribution in [3.05, 3.63) is 52.4 Å². The van der Waals surface area contributed by atoms with Crippen LogP contribution in [0.5, 0.6) is 5.75 Å². The molecule has 0 aliphatic carbocycles. The van der Waals surface area contributed by atoms with Gasteiger partial charge in [-0.05, 0) is 52.7 Å². The summed E-state index contributed by atoms with van der Waals surface area (Å²) in [4.78, 5) is 11.8. The number of carbonyl (C=O) groups is 1. The minimum Gasteiger partial charge on any atom is -0.496 e. The van der Waals surface area contributed by atoms with Gasteiger partial charge in [0.05, 0.1) is 30.9 Å². The fourth-order valence-electron chi connectivity index (χ4n) is 1.98. The highest BCUT2D eigenvalue weighted by atomic mass is 79.9. The zero-order valence-corrected chi connectivity index (χ0v) is 14.1. The van der Waals surface area contributed by atoms with Crippen LogP contribution in [0.15, 0.2) is 45.5 Å². The number of hydrogen-bond acceptors (Lipinski definition) is 4. The molecule has 6 heteroatoms. The number of amides is 1. The van der Waals surface area contributed by atoms with Gasteiger partial charge in [0.1, 0.15) is 11.5 Å². The van der Waals surface area contributed by atoms with Gasteiger partial charge in [0.15, 0.2) is 0 Å². The first-order chi connectivity index (χ1) is 10.6. The molecule has 5 nitrogen and oxygen atoms in total. The zero-order valence-electron chi connectivity index (χ0n) is 12.6. The number of benzene rings is 1. The van der Waals surface area contributed by atoms with Crippen molar-refractivity contribution >= 4 is 21.8 Å². The van der Waals surface area contributed by atoms with Crippen LogP contribution < -0.4 is 15.4 Å². The minimum absolute atomic E-state index is 0.0524. The van der Waals surface area contributed by atoms with E-state index in [0.29, 0.717) is 6.54 Å². The van der Waals surface area contributed by atoms with Crippen molar-refractivity contribution in [2.45, 2.75) is 19.5 Å². The number of rotatable bonds is 7. The Kier molecular flexibility index (Phi) is 6.03. The van der Waals surface area contributed by atoms with E-state index in [1.165, 1.54) is 0 Å². The van der Waals surface area contributed by atoms with Crippen molar-refractivity contribution in [3.8, 4) is 5.75 Å². The van der Waals surface area contributed by atoms with Crippen LogP contribution in [0.2, 0.25) is 0 Å². The molecule has 22 heavy (non-hydrogen) atoms. The summed E-state index contributed by atoms with van der Waals surface area (Å²) in [5.74, 6) is 1.45. The molecule has 1 atom stereocenters. The zero-order chi connectivity index (χ0) is 15.9. The minimum atomic E-state index is -0.0733. The van der Waals surface area contributed by atoms with E-state index in [2.05, 4.69) is 26.6 Å². The standard InChI is InChI=1S/C16H19BrN2O3/c1-11(12-5-6-15(21-2)14(17)8-12)18-10-16(20)19-9-13-4-3-7-22-13/h3-8,11,18H,9-10H2,1-2H3,(H,19,20)/t11-/m1/s1. The highest BCUT2D eigenvalue weighted by Gasteiger charge is 2.10. The van der Waals surface area contributed by atoms with Gasteiger partial charge in [-0.1, -0.05) is 6.07 Å². The Morgan fingerprint density at radius 1 is 1.41 bits per heavy atom. The molecule has 0 aliphatic heterocycles. The first kappa shape index (κ1) is 16.6. The molecule has 1 amide bonds. The number of furan rings is 1. The molecule has 0 aliphatic rings. The highest BCUT2D eigenvalue weighted by Crippen LogP contribution is 2.27. The third kappa shape index (κ3) is 4.61. The molecule has 2 rings (SSSR count). The lowest BCUT2D eigenvalue weighted by Gasteiger charge is -2.15.